The Kier molecular flexibility index (Phi) is 2.47. The minimum atomic E-state index is -0.830. The first-order valence-electron chi connectivity index (χ1n) is 4.18. The van der Waals surface area contributed by atoms with Crippen molar-refractivity contribution in [2.45, 2.75) is 26.2 Å². The Morgan fingerprint density at radius 1 is 1.08 bits per heavy atom. The molecule has 1 aliphatic rings. The predicted molar refractivity (Wildman–Crippen MR) is 45.6 cm³/mol. The summed E-state index contributed by atoms with van der Waals surface area (Å²) in [7, 11) is 4.84. The molecule has 0 bridgehead atoms. The number of hydrogen-bond acceptors (Lipinski definition) is 3. The van der Waals surface area contributed by atoms with Gasteiger partial charge in [-0.2, -0.15) is 0 Å². The predicted octanol–water partition coefficient (Wildman–Crippen LogP) is 1.63. The van der Waals surface area contributed by atoms with E-state index in [1.54, 1.807) is 21.3 Å². The van der Waals surface area contributed by atoms with Gasteiger partial charge in [0.1, 0.15) is 0 Å². The lowest BCUT2D eigenvalue weighted by molar-refractivity contribution is -0.367. The zero-order chi connectivity index (χ0) is 9.41. The summed E-state index contributed by atoms with van der Waals surface area (Å²) in [5.41, 5.74) is 0.280. The van der Waals surface area contributed by atoms with Crippen LogP contribution < -0.4 is 0 Å². The van der Waals surface area contributed by atoms with Gasteiger partial charge in [-0.15, -0.1) is 0 Å². The van der Waals surface area contributed by atoms with Gasteiger partial charge in [-0.25, -0.2) is 0 Å². The Morgan fingerprint density at radius 2 is 1.42 bits per heavy atom. The van der Waals surface area contributed by atoms with E-state index in [9.17, 15) is 0 Å². The van der Waals surface area contributed by atoms with Crippen molar-refractivity contribution < 1.29 is 14.2 Å². The van der Waals surface area contributed by atoms with Gasteiger partial charge in [-0.1, -0.05) is 13.8 Å². The van der Waals surface area contributed by atoms with E-state index in [4.69, 9.17) is 14.2 Å². The summed E-state index contributed by atoms with van der Waals surface area (Å²) >= 11 is 0. The monoisotopic (exact) mass is 174 g/mol. The molecule has 0 saturated heterocycles. The van der Waals surface area contributed by atoms with Gasteiger partial charge in [0.25, 0.3) is 5.97 Å². The first-order chi connectivity index (χ1) is 5.52. The number of hydrogen-bond donors (Lipinski definition) is 0. The van der Waals surface area contributed by atoms with Crippen LogP contribution in [0, 0.1) is 11.3 Å². The second kappa shape index (κ2) is 2.98. The molecule has 1 rings (SSSR count). The van der Waals surface area contributed by atoms with Crippen LogP contribution in [-0.2, 0) is 14.2 Å². The molecule has 0 N–H and O–H groups in total. The number of ether oxygens (including phenoxy) is 3. The second-order valence-electron chi connectivity index (χ2n) is 3.96. The molecule has 0 aromatic carbocycles. The summed E-state index contributed by atoms with van der Waals surface area (Å²) in [5, 5.41) is 0. The fourth-order valence-corrected chi connectivity index (χ4v) is 1.75. The molecule has 1 saturated carbocycles. The third-order valence-corrected chi connectivity index (χ3v) is 2.79. The fraction of sp³-hybridized carbons (Fsp3) is 1.00. The largest absolute Gasteiger partial charge is 0.331 e. The van der Waals surface area contributed by atoms with Gasteiger partial charge in [0, 0.05) is 27.2 Å². The Balaban J connectivity index is 2.68. The Hall–Kier alpha value is -0.120. The molecule has 0 radical (unpaired) electrons. The Bertz CT molecular complexity index is 153. The van der Waals surface area contributed by atoms with Gasteiger partial charge in [0.2, 0.25) is 0 Å². The van der Waals surface area contributed by atoms with Crippen molar-refractivity contribution in [3.8, 4) is 0 Å². The lowest BCUT2D eigenvalue weighted by Gasteiger charge is -2.30. The van der Waals surface area contributed by atoms with Gasteiger partial charge in [0.15, 0.2) is 0 Å². The number of rotatable bonds is 4. The quantitative estimate of drug-likeness (QED) is 0.606. The highest BCUT2D eigenvalue weighted by molar-refractivity contribution is 5.00. The van der Waals surface area contributed by atoms with Crippen LogP contribution in [0.2, 0.25) is 0 Å². The van der Waals surface area contributed by atoms with Crippen LogP contribution in [0.15, 0.2) is 0 Å². The molecule has 0 aromatic heterocycles. The first kappa shape index (κ1) is 9.96. The molecule has 1 fully saturated rings. The third kappa shape index (κ3) is 1.37. The maximum Gasteiger partial charge on any atom is 0.285 e. The molecular formula is C9H18O3. The number of methoxy groups -OCH3 is 3. The fourth-order valence-electron chi connectivity index (χ4n) is 1.75. The zero-order valence-corrected chi connectivity index (χ0v) is 8.51. The van der Waals surface area contributed by atoms with Gasteiger partial charge >= 0.3 is 0 Å². The molecule has 0 aromatic rings. The minimum absolute atomic E-state index is 0.280. The van der Waals surface area contributed by atoms with E-state index in [0.29, 0.717) is 5.92 Å². The lowest BCUT2D eigenvalue weighted by Crippen LogP contribution is -2.39. The SMILES string of the molecule is COC(OC)(OC)C1CC1(C)C. The normalized spacial score (nSPS) is 27.2. The van der Waals surface area contributed by atoms with E-state index in [1.165, 1.54) is 0 Å². The molecule has 0 aliphatic heterocycles. The molecule has 1 unspecified atom stereocenters. The van der Waals surface area contributed by atoms with Crippen LogP contribution in [-0.4, -0.2) is 27.3 Å². The van der Waals surface area contributed by atoms with Crippen LogP contribution >= 0.6 is 0 Å². The van der Waals surface area contributed by atoms with Crippen LogP contribution in [0.3, 0.4) is 0 Å². The van der Waals surface area contributed by atoms with Crippen molar-refractivity contribution in [2.75, 3.05) is 21.3 Å². The summed E-state index contributed by atoms with van der Waals surface area (Å²) in [6, 6.07) is 0. The summed E-state index contributed by atoms with van der Waals surface area (Å²) in [6.45, 7) is 4.37. The first-order valence-corrected chi connectivity index (χ1v) is 4.18. The van der Waals surface area contributed by atoms with E-state index in [-0.39, 0.29) is 5.41 Å². The second-order valence-corrected chi connectivity index (χ2v) is 3.96. The van der Waals surface area contributed by atoms with Crippen molar-refractivity contribution >= 4 is 0 Å². The van der Waals surface area contributed by atoms with Gasteiger partial charge < -0.3 is 14.2 Å². The molecular weight excluding hydrogens is 156 g/mol. The van der Waals surface area contributed by atoms with Gasteiger partial charge in [-0.3, -0.25) is 0 Å². The highest BCUT2D eigenvalue weighted by Gasteiger charge is 2.60. The van der Waals surface area contributed by atoms with Crippen molar-refractivity contribution in [1.82, 2.24) is 0 Å². The summed E-state index contributed by atoms with van der Waals surface area (Å²) in [6.07, 6.45) is 1.09. The standard InChI is InChI=1S/C9H18O3/c1-8(2)6-7(8)9(10-3,11-4)12-5/h7H,6H2,1-5H3. The highest BCUT2D eigenvalue weighted by atomic mass is 16.9. The van der Waals surface area contributed by atoms with Crippen molar-refractivity contribution in [3.05, 3.63) is 0 Å². The molecule has 12 heavy (non-hydrogen) atoms. The van der Waals surface area contributed by atoms with E-state index in [1.807, 2.05) is 0 Å². The van der Waals surface area contributed by atoms with Crippen molar-refractivity contribution in [3.63, 3.8) is 0 Å². The van der Waals surface area contributed by atoms with E-state index in [2.05, 4.69) is 13.8 Å². The zero-order valence-electron chi connectivity index (χ0n) is 8.51. The summed E-state index contributed by atoms with van der Waals surface area (Å²) in [5.74, 6) is -0.492. The molecule has 0 spiro atoms. The maximum absolute atomic E-state index is 5.25. The van der Waals surface area contributed by atoms with Crippen LogP contribution in [0.1, 0.15) is 20.3 Å². The van der Waals surface area contributed by atoms with Crippen LogP contribution in [0.5, 0.6) is 0 Å². The molecule has 72 valence electrons. The van der Waals surface area contributed by atoms with Gasteiger partial charge in [-0.05, 0) is 11.8 Å². The average molecular weight is 174 g/mol. The average Bonchev–Trinajstić information content (AvgIpc) is 2.66. The molecule has 3 heteroatoms. The smallest absolute Gasteiger partial charge is 0.285 e. The molecule has 1 aliphatic carbocycles. The van der Waals surface area contributed by atoms with Crippen molar-refractivity contribution in [1.29, 1.82) is 0 Å². The van der Waals surface area contributed by atoms with E-state index < -0.39 is 5.97 Å². The maximum atomic E-state index is 5.25. The van der Waals surface area contributed by atoms with Crippen LogP contribution in [0.25, 0.3) is 0 Å². The van der Waals surface area contributed by atoms with E-state index >= 15 is 0 Å². The van der Waals surface area contributed by atoms with E-state index in [0.717, 1.165) is 6.42 Å². The Labute approximate surface area is 74.0 Å². The highest BCUT2D eigenvalue weighted by Crippen LogP contribution is 2.58. The Morgan fingerprint density at radius 3 is 1.50 bits per heavy atom. The lowest BCUT2D eigenvalue weighted by atomic mass is 10.1. The third-order valence-electron chi connectivity index (χ3n) is 2.79. The van der Waals surface area contributed by atoms with Crippen LogP contribution in [0.4, 0.5) is 0 Å². The molecule has 1 atom stereocenters. The summed E-state index contributed by atoms with van der Waals surface area (Å²) in [4.78, 5) is 0. The minimum Gasteiger partial charge on any atom is -0.331 e. The molecule has 0 amide bonds. The summed E-state index contributed by atoms with van der Waals surface area (Å²) < 4.78 is 15.8. The molecule has 3 nitrogen and oxygen atoms in total. The molecule has 0 heterocycles. The topological polar surface area (TPSA) is 27.7 Å². The van der Waals surface area contributed by atoms with Crippen molar-refractivity contribution in [2.24, 2.45) is 11.3 Å². The van der Waals surface area contributed by atoms with Gasteiger partial charge in [0.05, 0.1) is 0 Å².